The second-order valence-corrected chi connectivity index (χ2v) is 13.2. The molecule has 0 amide bonds. The van der Waals surface area contributed by atoms with Crippen molar-refractivity contribution < 1.29 is 18.7 Å². The molecule has 1 aliphatic rings. The van der Waals surface area contributed by atoms with Crippen molar-refractivity contribution in [1.82, 2.24) is 4.90 Å². The molecular formula is C34H30ClN2O4PS. The average molecular weight is 629 g/mol. The van der Waals surface area contributed by atoms with E-state index in [9.17, 15) is 9.67 Å². The number of para-hydroxylation sites is 2. The molecule has 0 saturated carbocycles. The lowest BCUT2D eigenvalue weighted by atomic mass is 9.94. The Kier molecular flexibility index (Phi) is 8.68. The maximum Gasteiger partial charge on any atom is 0.564 e. The Bertz CT molecular complexity index is 1780. The molecule has 0 bridgehead atoms. The third-order valence-electron chi connectivity index (χ3n) is 7.20. The van der Waals surface area contributed by atoms with Gasteiger partial charge in [0, 0.05) is 27.4 Å². The van der Waals surface area contributed by atoms with Gasteiger partial charge in [0.15, 0.2) is 0 Å². The topological polar surface area (TPSA) is 71.4 Å². The molecular weight excluding hydrogens is 599 g/mol. The molecule has 0 radical (unpaired) electrons. The van der Waals surface area contributed by atoms with Crippen molar-refractivity contribution >= 4 is 52.2 Å². The minimum absolute atomic E-state index is 0.0248. The minimum atomic E-state index is -4.11. The second-order valence-electron chi connectivity index (χ2n) is 10.2. The maximum atomic E-state index is 14.5. The van der Waals surface area contributed by atoms with E-state index < -0.39 is 7.75 Å². The first-order chi connectivity index (χ1) is 20.9. The Morgan fingerprint density at radius 1 is 0.907 bits per heavy atom. The van der Waals surface area contributed by atoms with Gasteiger partial charge >= 0.3 is 7.75 Å². The van der Waals surface area contributed by atoms with Crippen LogP contribution in [0, 0.1) is 0 Å². The molecule has 6 rings (SSSR count). The fourth-order valence-electron chi connectivity index (χ4n) is 5.05. The smallest absolute Gasteiger partial charge is 0.399 e. The fourth-order valence-corrected chi connectivity index (χ4v) is 7.90. The zero-order valence-corrected chi connectivity index (χ0v) is 25.9. The van der Waals surface area contributed by atoms with Crippen LogP contribution in [0.1, 0.15) is 29.3 Å². The standard InChI is InChI=1S/C34H30ClN2O4PS/c1-24-20-27(26-18-16-25(23-38)17-19-26)21-33(37(24)22-32-34(35)30-14-8-9-15-31(30)43-32)36-42(39,40-28-10-4-2-5-11-28)41-29-12-6-3-7-13-29/h2-20,24,38H,21-23H2,1H3/b36-33-. The van der Waals surface area contributed by atoms with Crippen molar-refractivity contribution in [1.29, 1.82) is 0 Å². The van der Waals surface area contributed by atoms with Gasteiger partial charge in [-0.2, -0.15) is 0 Å². The number of amidine groups is 1. The first-order valence-electron chi connectivity index (χ1n) is 13.9. The molecule has 5 aromatic rings. The van der Waals surface area contributed by atoms with E-state index in [-0.39, 0.29) is 12.6 Å². The summed E-state index contributed by atoms with van der Waals surface area (Å²) in [6.07, 6.45) is 2.58. The van der Waals surface area contributed by atoms with E-state index in [2.05, 4.69) is 24.0 Å². The van der Waals surface area contributed by atoms with Gasteiger partial charge in [0.05, 0.1) is 18.2 Å². The lowest BCUT2D eigenvalue weighted by molar-refractivity contribution is 0.282. The summed E-state index contributed by atoms with van der Waals surface area (Å²) in [5.74, 6) is 1.36. The van der Waals surface area contributed by atoms with Gasteiger partial charge < -0.3 is 19.1 Å². The zero-order chi connectivity index (χ0) is 29.8. The number of nitrogens with zero attached hydrogens (tertiary/aromatic N) is 2. The van der Waals surface area contributed by atoms with Gasteiger partial charge in [0.1, 0.15) is 17.3 Å². The van der Waals surface area contributed by atoms with Crippen LogP contribution in [-0.4, -0.2) is 21.9 Å². The monoisotopic (exact) mass is 628 g/mol. The van der Waals surface area contributed by atoms with Gasteiger partial charge in [-0.1, -0.05) is 96.5 Å². The number of hydrogen-bond donors (Lipinski definition) is 1. The van der Waals surface area contributed by atoms with Crippen LogP contribution in [0.3, 0.4) is 0 Å². The van der Waals surface area contributed by atoms with E-state index in [0.29, 0.717) is 35.3 Å². The summed E-state index contributed by atoms with van der Waals surface area (Å²) < 4.78 is 32.5. The summed E-state index contributed by atoms with van der Waals surface area (Å²) in [4.78, 5) is 3.10. The van der Waals surface area contributed by atoms with E-state index in [4.69, 9.17) is 25.4 Å². The number of hydrogen-bond acceptors (Lipinski definition) is 5. The van der Waals surface area contributed by atoms with Gasteiger partial charge in [0.2, 0.25) is 0 Å². The van der Waals surface area contributed by atoms with E-state index >= 15 is 0 Å². The van der Waals surface area contributed by atoms with Gasteiger partial charge in [-0.05, 0) is 54.0 Å². The molecule has 0 spiro atoms. The highest BCUT2D eigenvalue weighted by Gasteiger charge is 2.34. The highest BCUT2D eigenvalue weighted by atomic mass is 35.5. The number of thiophene rings is 1. The van der Waals surface area contributed by atoms with E-state index in [1.165, 1.54) is 0 Å². The van der Waals surface area contributed by atoms with Crippen LogP contribution in [0.15, 0.2) is 120 Å². The maximum absolute atomic E-state index is 14.5. The number of rotatable bonds is 9. The van der Waals surface area contributed by atoms with Crippen molar-refractivity contribution in [2.75, 3.05) is 0 Å². The Morgan fingerprint density at radius 2 is 1.51 bits per heavy atom. The summed E-state index contributed by atoms with van der Waals surface area (Å²) >= 11 is 8.52. The number of aliphatic hydroxyl groups excluding tert-OH is 1. The van der Waals surface area contributed by atoms with Crippen molar-refractivity contribution in [3.05, 3.63) is 136 Å². The lowest BCUT2D eigenvalue weighted by Crippen LogP contribution is -2.40. The number of halogens is 1. The molecule has 9 heteroatoms. The Morgan fingerprint density at radius 3 is 2.12 bits per heavy atom. The average Bonchev–Trinajstić information content (AvgIpc) is 3.34. The predicted octanol–water partition coefficient (Wildman–Crippen LogP) is 9.39. The van der Waals surface area contributed by atoms with Gasteiger partial charge in [-0.25, -0.2) is 4.57 Å². The third-order valence-corrected chi connectivity index (χ3v) is 10.3. The third kappa shape index (κ3) is 6.71. The lowest BCUT2D eigenvalue weighted by Gasteiger charge is -2.35. The highest BCUT2D eigenvalue weighted by molar-refractivity contribution is 7.53. The van der Waals surface area contributed by atoms with Crippen molar-refractivity contribution in [2.24, 2.45) is 4.76 Å². The van der Waals surface area contributed by atoms with Crippen molar-refractivity contribution in [2.45, 2.75) is 32.5 Å². The molecule has 43 heavy (non-hydrogen) atoms. The minimum Gasteiger partial charge on any atom is -0.399 e. The summed E-state index contributed by atoms with van der Waals surface area (Å²) in [6, 6.07) is 33.6. The van der Waals surface area contributed by atoms with Crippen molar-refractivity contribution in [3.63, 3.8) is 0 Å². The molecule has 1 atom stereocenters. The highest BCUT2D eigenvalue weighted by Crippen LogP contribution is 2.51. The fraction of sp³-hybridized carbons (Fsp3) is 0.147. The first kappa shape index (κ1) is 29.2. The van der Waals surface area contributed by atoms with Crippen LogP contribution >= 0.6 is 30.7 Å². The molecule has 4 aromatic carbocycles. The zero-order valence-electron chi connectivity index (χ0n) is 23.5. The number of aliphatic hydroxyl groups is 1. The quantitative estimate of drug-likeness (QED) is 0.165. The number of benzene rings is 4. The molecule has 6 nitrogen and oxygen atoms in total. The first-order valence-corrected chi connectivity index (χ1v) is 16.6. The molecule has 218 valence electrons. The molecule has 2 heterocycles. The molecule has 1 unspecified atom stereocenters. The predicted molar refractivity (Wildman–Crippen MR) is 176 cm³/mol. The molecule has 0 aliphatic carbocycles. The Hall–Kier alpha value is -3.87. The largest absolute Gasteiger partial charge is 0.564 e. The van der Waals surface area contributed by atoms with Crippen LogP contribution in [0.5, 0.6) is 11.5 Å². The Labute approximate surface area is 260 Å². The van der Waals surface area contributed by atoms with Crippen LogP contribution in [0.2, 0.25) is 5.02 Å². The van der Waals surface area contributed by atoms with E-state index in [0.717, 1.165) is 31.7 Å². The molecule has 1 aliphatic heterocycles. The van der Waals surface area contributed by atoms with E-state index in [1.807, 2.05) is 78.9 Å². The summed E-state index contributed by atoms with van der Waals surface area (Å²) in [6.45, 7) is 2.53. The van der Waals surface area contributed by atoms with Crippen LogP contribution < -0.4 is 9.05 Å². The molecule has 0 fully saturated rings. The van der Waals surface area contributed by atoms with Crippen molar-refractivity contribution in [3.8, 4) is 11.5 Å². The van der Waals surface area contributed by atoms with E-state index in [1.54, 1.807) is 35.6 Å². The summed E-state index contributed by atoms with van der Waals surface area (Å²) in [7, 11) is -4.11. The van der Waals surface area contributed by atoms with Gasteiger partial charge in [0.25, 0.3) is 0 Å². The number of fused-ring (bicyclic) bond motifs is 1. The Balaban J connectivity index is 1.43. The second kappa shape index (κ2) is 12.8. The van der Waals surface area contributed by atoms with Crippen LogP contribution in [0.25, 0.3) is 15.7 Å². The van der Waals surface area contributed by atoms with Crippen LogP contribution in [-0.2, 0) is 17.7 Å². The van der Waals surface area contributed by atoms with Gasteiger partial charge in [-0.3, -0.25) is 0 Å². The van der Waals surface area contributed by atoms with Crippen LogP contribution in [0.4, 0.5) is 0 Å². The molecule has 1 aromatic heterocycles. The van der Waals surface area contributed by atoms with Gasteiger partial charge in [-0.15, -0.1) is 16.1 Å². The SMILES string of the molecule is CC1C=C(c2ccc(CO)cc2)C/C(=N/P(=O)(Oc2ccccc2)Oc2ccccc2)N1Cc1sc2ccccc2c1Cl. The molecule has 1 N–H and O–H groups in total. The molecule has 0 saturated heterocycles. The summed E-state index contributed by atoms with van der Waals surface area (Å²) in [5.41, 5.74) is 2.86. The normalized spacial score (nSPS) is 16.3. The summed E-state index contributed by atoms with van der Waals surface area (Å²) in [5, 5.41) is 11.3.